The first-order chi connectivity index (χ1) is 16.3. The SMILES string of the molecule is CCOc1ccccc1N1C(=O)C(Cl)=C(Nc2cccc(C(=O)Nc3nc(C)c(C)s3)c2)C1=O. The summed E-state index contributed by atoms with van der Waals surface area (Å²) in [6, 6.07) is 13.3. The Hall–Kier alpha value is -3.69. The number of nitrogens with zero attached hydrogens (tertiary/aromatic N) is 2. The van der Waals surface area contributed by atoms with E-state index in [2.05, 4.69) is 15.6 Å². The highest BCUT2D eigenvalue weighted by atomic mass is 35.5. The van der Waals surface area contributed by atoms with Crippen LogP contribution in [0.3, 0.4) is 0 Å². The van der Waals surface area contributed by atoms with Crippen LogP contribution in [-0.2, 0) is 9.59 Å². The van der Waals surface area contributed by atoms with Crippen molar-refractivity contribution in [3.8, 4) is 5.75 Å². The molecule has 2 aromatic carbocycles. The molecule has 0 bridgehead atoms. The lowest BCUT2D eigenvalue weighted by atomic mass is 10.2. The quantitative estimate of drug-likeness (QED) is 0.454. The highest BCUT2D eigenvalue weighted by Crippen LogP contribution is 2.35. The van der Waals surface area contributed by atoms with Gasteiger partial charge in [0.25, 0.3) is 17.7 Å². The molecule has 1 aliphatic heterocycles. The largest absolute Gasteiger partial charge is 0.492 e. The van der Waals surface area contributed by atoms with E-state index in [1.807, 2.05) is 20.8 Å². The van der Waals surface area contributed by atoms with Gasteiger partial charge in [0.2, 0.25) is 0 Å². The van der Waals surface area contributed by atoms with Gasteiger partial charge < -0.3 is 10.1 Å². The predicted octanol–water partition coefficient (Wildman–Crippen LogP) is 4.85. The van der Waals surface area contributed by atoms with Gasteiger partial charge in [-0.1, -0.05) is 29.8 Å². The van der Waals surface area contributed by atoms with E-state index in [0.717, 1.165) is 15.5 Å². The molecule has 34 heavy (non-hydrogen) atoms. The number of aryl methyl sites for hydroxylation is 2. The van der Waals surface area contributed by atoms with Crippen LogP contribution in [0.1, 0.15) is 27.9 Å². The number of anilines is 3. The molecule has 1 aromatic heterocycles. The van der Waals surface area contributed by atoms with Gasteiger partial charge in [-0.15, -0.1) is 11.3 Å². The summed E-state index contributed by atoms with van der Waals surface area (Å²) in [7, 11) is 0. The molecule has 0 saturated heterocycles. The second-order valence-electron chi connectivity index (χ2n) is 7.36. The molecule has 0 radical (unpaired) electrons. The number of hydrogen-bond acceptors (Lipinski definition) is 7. The van der Waals surface area contributed by atoms with Gasteiger partial charge in [0.15, 0.2) is 5.13 Å². The lowest BCUT2D eigenvalue weighted by molar-refractivity contribution is -0.120. The van der Waals surface area contributed by atoms with Crippen molar-refractivity contribution < 1.29 is 19.1 Å². The molecule has 174 valence electrons. The van der Waals surface area contributed by atoms with Crippen molar-refractivity contribution in [1.82, 2.24) is 4.98 Å². The number of rotatable bonds is 7. The predicted molar refractivity (Wildman–Crippen MR) is 133 cm³/mol. The molecule has 0 atom stereocenters. The Morgan fingerprint density at radius 2 is 1.88 bits per heavy atom. The molecule has 3 amide bonds. The van der Waals surface area contributed by atoms with Gasteiger partial charge in [-0.2, -0.15) is 0 Å². The highest BCUT2D eigenvalue weighted by Gasteiger charge is 2.40. The third-order valence-electron chi connectivity index (χ3n) is 5.08. The van der Waals surface area contributed by atoms with Crippen molar-refractivity contribution in [1.29, 1.82) is 0 Å². The van der Waals surface area contributed by atoms with Gasteiger partial charge in [0.1, 0.15) is 16.5 Å². The summed E-state index contributed by atoms with van der Waals surface area (Å²) < 4.78 is 5.56. The van der Waals surface area contributed by atoms with Gasteiger partial charge in [-0.05, 0) is 51.1 Å². The number of para-hydroxylation sites is 2. The maximum absolute atomic E-state index is 13.1. The molecule has 4 rings (SSSR count). The van der Waals surface area contributed by atoms with Crippen LogP contribution in [0.15, 0.2) is 59.3 Å². The molecule has 3 aromatic rings. The fourth-order valence-corrected chi connectivity index (χ4v) is 4.35. The fourth-order valence-electron chi connectivity index (χ4n) is 3.33. The van der Waals surface area contributed by atoms with Crippen LogP contribution in [0.2, 0.25) is 0 Å². The van der Waals surface area contributed by atoms with Crippen molar-refractivity contribution in [2.24, 2.45) is 0 Å². The third kappa shape index (κ3) is 4.52. The second kappa shape index (κ2) is 9.66. The van der Waals surface area contributed by atoms with Crippen LogP contribution in [0.25, 0.3) is 0 Å². The Morgan fingerprint density at radius 3 is 2.59 bits per heavy atom. The topological polar surface area (TPSA) is 101 Å². The van der Waals surface area contributed by atoms with Crippen molar-refractivity contribution in [3.05, 3.63) is 75.4 Å². The molecule has 0 fully saturated rings. The Balaban J connectivity index is 1.55. The Kier molecular flexibility index (Phi) is 6.67. The molecule has 0 unspecified atom stereocenters. The standard InChI is InChI=1S/C24H21ClN4O4S/c1-4-33-18-11-6-5-10-17(18)29-22(31)19(25)20(23(29)32)27-16-9-7-8-15(12-16)21(30)28-24-26-13(2)14(3)34-24/h5-12,27H,4H2,1-3H3,(H,26,28,30). The summed E-state index contributed by atoms with van der Waals surface area (Å²) in [4.78, 5) is 45.0. The summed E-state index contributed by atoms with van der Waals surface area (Å²) in [5.41, 5.74) is 1.85. The monoisotopic (exact) mass is 496 g/mol. The summed E-state index contributed by atoms with van der Waals surface area (Å²) in [5, 5.41) is 5.92. The Bertz CT molecular complexity index is 1310. The lowest BCUT2D eigenvalue weighted by Crippen LogP contribution is -2.32. The number of ether oxygens (including phenoxy) is 1. The molecular weight excluding hydrogens is 476 g/mol. The number of carbonyl (C=O) groups excluding carboxylic acids is 3. The summed E-state index contributed by atoms with van der Waals surface area (Å²) >= 11 is 7.64. The minimum atomic E-state index is -0.662. The van der Waals surface area contributed by atoms with Crippen LogP contribution in [0, 0.1) is 13.8 Å². The van der Waals surface area contributed by atoms with E-state index >= 15 is 0 Å². The zero-order chi connectivity index (χ0) is 24.4. The van der Waals surface area contributed by atoms with E-state index in [-0.39, 0.29) is 16.6 Å². The maximum atomic E-state index is 13.1. The molecule has 2 N–H and O–H groups in total. The number of halogens is 1. The van der Waals surface area contributed by atoms with Crippen molar-refractivity contribution in [3.63, 3.8) is 0 Å². The summed E-state index contributed by atoms with van der Waals surface area (Å²) in [6.45, 7) is 5.98. The van der Waals surface area contributed by atoms with Gasteiger partial charge in [-0.25, -0.2) is 9.88 Å². The first-order valence-electron chi connectivity index (χ1n) is 10.4. The minimum absolute atomic E-state index is 0.0818. The van der Waals surface area contributed by atoms with Crippen LogP contribution in [0.4, 0.5) is 16.5 Å². The van der Waals surface area contributed by atoms with E-state index in [0.29, 0.717) is 34.4 Å². The van der Waals surface area contributed by atoms with Crippen LogP contribution < -0.4 is 20.3 Å². The Morgan fingerprint density at radius 1 is 1.12 bits per heavy atom. The number of amides is 3. The van der Waals surface area contributed by atoms with Gasteiger partial charge in [-0.3, -0.25) is 19.7 Å². The number of carbonyl (C=O) groups is 3. The first kappa shape index (κ1) is 23.5. The minimum Gasteiger partial charge on any atom is -0.492 e. The van der Waals surface area contributed by atoms with E-state index in [1.54, 1.807) is 48.5 Å². The smallest absolute Gasteiger partial charge is 0.283 e. The normalized spacial score (nSPS) is 13.5. The van der Waals surface area contributed by atoms with Crippen LogP contribution >= 0.6 is 22.9 Å². The lowest BCUT2D eigenvalue weighted by Gasteiger charge is -2.18. The number of thiazole rings is 1. The molecule has 2 heterocycles. The number of nitrogens with one attached hydrogen (secondary N) is 2. The van der Waals surface area contributed by atoms with Gasteiger partial charge in [0.05, 0.1) is 18.0 Å². The van der Waals surface area contributed by atoms with Gasteiger partial charge >= 0.3 is 0 Å². The third-order valence-corrected chi connectivity index (χ3v) is 6.42. The van der Waals surface area contributed by atoms with E-state index in [4.69, 9.17) is 16.3 Å². The summed E-state index contributed by atoms with van der Waals surface area (Å²) in [5.74, 6) is -1.24. The molecule has 0 saturated carbocycles. The molecule has 0 aliphatic carbocycles. The zero-order valence-corrected chi connectivity index (χ0v) is 20.2. The van der Waals surface area contributed by atoms with Crippen LogP contribution in [0.5, 0.6) is 5.75 Å². The van der Waals surface area contributed by atoms with Crippen molar-refractivity contribution in [2.75, 3.05) is 22.1 Å². The molecule has 1 aliphatic rings. The van der Waals surface area contributed by atoms with Crippen molar-refractivity contribution in [2.45, 2.75) is 20.8 Å². The van der Waals surface area contributed by atoms with E-state index in [1.165, 1.54) is 11.3 Å². The van der Waals surface area contributed by atoms with E-state index < -0.39 is 11.8 Å². The fraction of sp³-hybridized carbons (Fsp3) is 0.167. The molecule has 0 spiro atoms. The second-order valence-corrected chi connectivity index (χ2v) is 8.94. The highest BCUT2D eigenvalue weighted by molar-refractivity contribution is 7.15. The molecular formula is C24H21ClN4O4S. The Labute approximate surface area is 205 Å². The number of aromatic nitrogens is 1. The van der Waals surface area contributed by atoms with Gasteiger partial charge in [0, 0.05) is 16.1 Å². The van der Waals surface area contributed by atoms with Crippen LogP contribution in [-0.4, -0.2) is 29.3 Å². The average Bonchev–Trinajstić information content (AvgIpc) is 3.24. The zero-order valence-electron chi connectivity index (χ0n) is 18.6. The summed E-state index contributed by atoms with van der Waals surface area (Å²) in [6.07, 6.45) is 0. The number of benzene rings is 2. The van der Waals surface area contributed by atoms with Crippen molar-refractivity contribution >= 4 is 57.2 Å². The number of hydrogen-bond donors (Lipinski definition) is 2. The van der Waals surface area contributed by atoms with E-state index in [9.17, 15) is 14.4 Å². The average molecular weight is 497 g/mol. The number of imide groups is 1. The molecule has 8 nitrogen and oxygen atoms in total. The maximum Gasteiger partial charge on any atom is 0.283 e. The molecule has 10 heteroatoms. The first-order valence-corrected chi connectivity index (χ1v) is 11.6.